The number of carboxylic acid groups (broad SMARTS) is 2. The van der Waals surface area contributed by atoms with Gasteiger partial charge in [0.05, 0.1) is 39.5 Å². The van der Waals surface area contributed by atoms with Crippen molar-refractivity contribution in [2.75, 3.05) is 65.7 Å². The van der Waals surface area contributed by atoms with E-state index in [9.17, 15) is 39.6 Å². The molecule has 38 heavy (non-hydrogen) atoms. The summed E-state index contributed by atoms with van der Waals surface area (Å²) >= 11 is 0. The number of carboxylic acids is 2. The minimum Gasteiger partial charge on any atom is -0.480 e. The Labute approximate surface area is 223 Å². The number of hydrogen-bond donors (Lipinski definition) is 6. The lowest BCUT2D eigenvalue weighted by atomic mass is 9.95. The van der Waals surface area contributed by atoms with E-state index in [0.717, 1.165) is 0 Å². The minimum absolute atomic E-state index is 0.00525. The van der Waals surface area contributed by atoms with Crippen molar-refractivity contribution in [3.05, 3.63) is 0 Å². The van der Waals surface area contributed by atoms with Gasteiger partial charge in [0, 0.05) is 37.3 Å². The van der Waals surface area contributed by atoms with Crippen molar-refractivity contribution >= 4 is 23.8 Å². The molecule has 1 heterocycles. The van der Waals surface area contributed by atoms with Gasteiger partial charge in [0.2, 0.25) is 0 Å². The number of nitrogens with one attached hydrogen (secondary N) is 2. The highest BCUT2D eigenvalue weighted by atomic mass is 16.5. The number of rotatable bonds is 10. The number of aliphatic carboxylic acids is 2. The summed E-state index contributed by atoms with van der Waals surface area (Å²) in [4.78, 5) is 53.3. The van der Waals surface area contributed by atoms with E-state index in [1.165, 1.54) is 23.6 Å². The van der Waals surface area contributed by atoms with Crippen LogP contribution in [0, 0.1) is 0 Å². The van der Waals surface area contributed by atoms with Gasteiger partial charge in [0.15, 0.2) is 11.2 Å². The molecule has 6 N–H and O–H groups in total. The van der Waals surface area contributed by atoms with Crippen LogP contribution in [0.5, 0.6) is 0 Å². The van der Waals surface area contributed by atoms with E-state index in [4.69, 9.17) is 9.47 Å². The van der Waals surface area contributed by atoms with Gasteiger partial charge in [-0.15, -0.1) is 0 Å². The number of nitrogens with zero attached hydrogens (tertiary/aromatic N) is 2. The molecule has 220 valence electrons. The lowest BCUT2D eigenvalue weighted by Gasteiger charge is -2.43. The Bertz CT molecular complexity index is 784. The van der Waals surface area contributed by atoms with E-state index in [0.29, 0.717) is 0 Å². The van der Waals surface area contributed by atoms with Crippen LogP contribution in [-0.4, -0.2) is 142 Å². The summed E-state index contributed by atoms with van der Waals surface area (Å²) in [6.45, 7) is 7.24. The molecule has 14 nitrogen and oxygen atoms in total. The standard InChI is InChI=1S/C24H44N4O10/c1-21(2)13-27(11-17(31)32)15-24(6,38-10-8-30)20(36)26-22(3,4)14-28(12-18(33)34)16-23(5,19(35)25-21)37-9-7-29/h29-30H,7-16H2,1-6H3,(H,25,35)(H,26,36)(H,31,32)(H,33,34)/t23-,24-/m0/s1. The summed E-state index contributed by atoms with van der Waals surface area (Å²) in [7, 11) is 0. The molecule has 1 saturated heterocycles. The molecule has 1 fully saturated rings. The van der Waals surface area contributed by atoms with Gasteiger partial charge >= 0.3 is 11.9 Å². The Morgan fingerprint density at radius 3 is 1.29 bits per heavy atom. The maximum Gasteiger partial charge on any atom is 0.317 e. The maximum absolute atomic E-state index is 13.5. The van der Waals surface area contributed by atoms with Crippen molar-refractivity contribution in [3.8, 4) is 0 Å². The van der Waals surface area contributed by atoms with Crippen LogP contribution in [0.2, 0.25) is 0 Å². The number of carbonyl (C=O) groups excluding carboxylic acids is 2. The van der Waals surface area contributed by atoms with E-state index < -0.39 is 59.1 Å². The highest BCUT2D eigenvalue weighted by Gasteiger charge is 2.44. The van der Waals surface area contributed by atoms with Crippen LogP contribution in [0.3, 0.4) is 0 Å². The van der Waals surface area contributed by atoms with Crippen LogP contribution in [0.1, 0.15) is 41.5 Å². The van der Waals surface area contributed by atoms with Gasteiger partial charge in [0.1, 0.15) is 0 Å². The summed E-state index contributed by atoms with van der Waals surface area (Å²) in [5, 5.41) is 43.4. The molecule has 0 saturated carbocycles. The van der Waals surface area contributed by atoms with Crippen LogP contribution in [0.25, 0.3) is 0 Å². The number of amides is 2. The topological polar surface area (TPSA) is 198 Å². The first-order chi connectivity index (χ1) is 17.4. The first kappa shape index (κ1) is 33.7. The Morgan fingerprint density at radius 1 is 0.711 bits per heavy atom. The number of ether oxygens (including phenoxy) is 2. The lowest BCUT2D eigenvalue weighted by Crippen LogP contribution is -2.66. The SMILES string of the molecule is CC1(C)CN(CC(=O)O)C[C@](C)(OCCO)C(=O)NC(C)(C)CN(CC(=O)O)C[C@](C)(OCCO)C(=O)N1. The number of carbonyl (C=O) groups is 4. The fraction of sp³-hybridized carbons (Fsp3) is 0.833. The van der Waals surface area contributed by atoms with Crippen molar-refractivity contribution in [2.24, 2.45) is 0 Å². The Hall–Kier alpha value is -2.36. The Balaban J connectivity index is 3.61. The molecule has 1 rings (SSSR count). The quantitative estimate of drug-likeness (QED) is 0.177. The zero-order valence-corrected chi connectivity index (χ0v) is 23.2. The first-order valence-electron chi connectivity index (χ1n) is 12.4. The second-order valence-corrected chi connectivity index (χ2v) is 11.4. The number of aliphatic hydroxyl groups is 2. The highest BCUT2D eigenvalue weighted by Crippen LogP contribution is 2.22. The molecular formula is C24H44N4O10. The molecule has 1 aliphatic heterocycles. The molecule has 0 aromatic rings. The van der Waals surface area contributed by atoms with E-state index in [1.54, 1.807) is 27.7 Å². The van der Waals surface area contributed by atoms with Crippen LogP contribution in [-0.2, 0) is 28.7 Å². The molecule has 2 atom stereocenters. The predicted molar refractivity (Wildman–Crippen MR) is 135 cm³/mol. The summed E-state index contributed by atoms with van der Waals surface area (Å²) in [5.41, 5.74) is -5.25. The summed E-state index contributed by atoms with van der Waals surface area (Å²) in [6, 6.07) is 0. The number of hydrogen-bond acceptors (Lipinski definition) is 10. The summed E-state index contributed by atoms with van der Waals surface area (Å²) < 4.78 is 11.4. The minimum atomic E-state index is -1.59. The fourth-order valence-corrected chi connectivity index (χ4v) is 4.56. The third-order valence-electron chi connectivity index (χ3n) is 5.89. The molecule has 14 heteroatoms. The predicted octanol–water partition coefficient (Wildman–Crippen LogP) is -1.90. The summed E-state index contributed by atoms with van der Waals surface area (Å²) in [6.07, 6.45) is 0. The van der Waals surface area contributed by atoms with Crippen molar-refractivity contribution in [1.82, 2.24) is 20.4 Å². The van der Waals surface area contributed by atoms with Gasteiger partial charge in [-0.25, -0.2) is 0 Å². The third kappa shape index (κ3) is 10.8. The van der Waals surface area contributed by atoms with Crippen LogP contribution in [0.4, 0.5) is 0 Å². The molecule has 0 aromatic heterocycles. The molecule has 0 bridgehead atoms. The van der Waals surface area contributed by atoms with Crippen molar-refractivity contribution < 1.29 is 49.1 Å². The Morgan fingerprint density at radius 2 is 1.03 bits per heavy atom. The van der Waals surface area contributed by atoms with E-state index in [2.05, 4.69) is 10.6 Å². The van der Waals surface area contributed by atoms with Crippen molar-refractivity contribution in [3.63, 3.8) is 0 Å². The van der Waals surface area contributed by atoms with E-state index >= 15 is 0 Å². The average molecular weight is 549 g/mol. The Kier molecular flexibility index (Phi) is 12.1. The molecule has 2 amide bonds. The molecule has 0 spiro atoms. The van der Waals surface area contributed by atoms with Crippen LogP contribution < -0.4 is 10.6 Å². The number of aliphatic hydroxyl groups excluding tert-OH is 2. The van der Waals surface area contributed by atoms with Crippen molar-refractivity contribution in [1.29, 1.82) is 0 Å². The van der Waals surface area contributed by atoms with E-state index in [-0.39, 0.29) is 52.6 Å². The second-order valence-electron chi connectivity index (χ2n) is 11.4. The highest BCUT2D eigenvalue weighted by molar-refractivity contribution is 5.86. The van der Waals surface area contributed by atoms with Crippen LogP contribution >= 0.6 is 0 Å². The molecule has 0 radical (unpaired) electrons. The maximum atomic E-state index is 13.5. The van der Waals surface area contributed by atoms with E-state index in [1.807, 2.05) is 0 Å². The molecule has 0 unspecified atom stereocenters. The smallest absolute Gasteiger partial charge is 0.317 e. The first-order valence-corrected chi connectivity index (χ1v) is 12.4. The monoisotopic (exact) mass is 548 g/mol. The van der Waals surface area contributed by atoms with Gasteiger partial charge in [-0.05, 0) is 41.5 Å². The molecule has 1 aliphatic rings. The zero-order valence-electron chi connectivity index (χ0n) is 23.2. The zero-order chi connectivity index (χ0) is 29.4. The largest absolute Gasteiger partial charge is 0.480 e. The van der Waals surface area contributed by atoms with Gasteiger partial charge in [-0.3, -0.25) is 29.0 Å². The normalized spacial score (nSPS) is 27.7. The van der Waals surface area contributed by atoms with Gasteiger partial charge in [-0.1, -0.05) is 0 Å². The molecule has 0 aliphatic carbocycles. The van der Waals surface area contributed by atoms with Gasteiger partial charge in [-0.2, -0.15) is 0 Å². The summed E-state index contributed by atoms with van der Waals surface area (Å²) in [5.74, 6) is -3.47. The van der Waals surface area contributed by atoms with Gasteiger partial charge < -0.3 is 40.5 Å². The van der Waals surface area contributed by atoms with Gasteiger partial charge in [0.25, 0.3) is 11.8 Å². The average Bonchev–Trinajstić information content (AvgIpc) is 2.73. The van der Waals surface area contributed by atoms with Crippen LogP contribution in [0.15, 0.2) is 0 Å². The molecular weight excluding hydrogens is 504 g/mol. The fourth-order valence-electron chi connectivity index (χ4n) is 4.56. The third-order valence-corrected chi connectivity index (χ3v) is 5.89. The molecule has 0 aromatic carbocycles. The lowest BCUT2D eigenvalue weighted by molar-refractivity contribution is -0.158. The second kappa shape index (κ2) is 13.6. The van der Waals surface area contributed by atoms with Crippen molar-refractivity contribution in [2.45, 2.75) is 63.8 Å².